The van der Waals surface area contributed by atoms with Gasteiger partial charge in [0.25, 0.3) is 5.91 Å². The third kappa shape index (κ3) is 3.67. The Morgan fingerprint density at radius 1 is 1.19 bits per heavy atom. The van der Waals surface area contributed by atoms with Gasteiger partial charge < -0.3 is 4.90 Å². The SMILES string of the molecule is O=C(c1csc(-c2ncn[nH]2)n1)N(Cc1ccccc1)C1CCCCC1. The van der Waals surface area contributed by atoms with E-state index in [9.17, 15) is 4.79 Å². The lowest BCUT2D eigenvalue weighted by atomic mass is 9.93. The predicted octanol–water partition coefficient (Wildman–Crippen LogP) is 3.90. The maximum atomic E-state index is 13.3. The van der Waals surface area contributed by atoms with Crippen LogP contribution in [0.2, 0.25) is 0 Å². The van der Waals surface area contributed by atoms with Crippen LogP contribution in [0.4, 0.5) is 0 Å². The van der Waals surface area contributed by atoms with E-state index in [1.807, 2.05) is 28.5 Å². The first kappa shape index (κ1) is 16.9. The number of carbonyl (C=O) groups excluding carboxylic acids is 1. The van der Waals surface area contributed by atoms with E-state index in [1.54, 1.807) is 0 Å². The molecule has 1 fully saturated rings. The van der Waals surface area contributed by atoms with Gasteiger partial charge in [-0.05, 0) is 18.4 Å². The molecule has 3 aromatic rings. The number of nitrogens with zero attached hydrogens (tertiary/aromatic N) is 4. The van der Waals surface area contributed by atoms with Crippen molar-refractivity contribution in [3.05, 3.63) is 53.3 Å². The number of aromatic nitrogens is 4. The largest absolute Gasteiger partial charge is 0.330 e. The van der Waals surface area contributed by atoms with Gasteiger partial charge in [-0.15, -0.1) is 11.3 Å². The summed E-state index contributed by atoms with van der Waals surface area (Å²) in [6.45, 7) is 0.625. The van der Waals surface area contributed by atoms with Crippen molar-refractivity contribution in [2.75, 3.05) is 0 Å². The number of hydrogen-bond donors (Lipinski definition) is 1. The molecule has 0 spiro atoms. The van der Waals surface area contributed by atoms with E-state index in [1.165, 1.54) is 36.9 Å². The monoisotopic (exact) mass is 367 g/mol. The molecule has 26 heavy (non-hydrogen) atoms. The maximum absolute atomic E-state index is 13.3. The quantitative estimate of drug-likeness (QED) is 0.742. The molecule has 2 heterocycles. The van der Waals surface area contributed by atoms with Crippen LogP contribution in [0.1, 0.15) is 48.2 Å². The molecule has 0 radical (unpaired) electrons. The molecule has 1 N–H and O–H groups in total. The molecule has 1 aliphatic carbocycles. The summed E-state index contributed by atoms with van der Waals surface area (Å²) in [5.41, 5.74) is 1.64. The molecule has 0 atom stereocenters. The number of rotatable bonds is 5. The molecular formula is C19H21N5OS. The molecule has 0 aliphatic heterocycles. The molecule has 1 saturated carbocycles. The van der Waals surface area contributed by atoms with Crippen LogP contribution in [0.25, 0.3) is 10.8 Å². The van der Waals surface area contributed by atoms with E-state index in [2.05, 4.69) is 32.3 Å². The van der Waals surface area contributed by atoms with Crippen molar-refractivity contribution in [3.63, 3.8) is 0 Å². The number of thiazole rings is 1. The number of hydrogen-bond acceptors (Lipinski definition) is 5. The Morgan fingerprint density at radius 3 is 2.73 bits per heavy atom. The van der Waals surface area contributed by atoms with E-state index in [0.29, 0.717) is 23.1 Å². The lowest BCUT2D eigenvalue weighted by molar-refractivity contribution is 0.0609. The van der Waals surface area contributed by atoms with Gasteiger partial charge in [-0.3, -0.25) is 9.89 Å². The summed E-state index contributed by atoms with van der Waals surface area (Å²) in [4.78, 5) is 23.9. The summed E-state index contributed by atoms with van der Waals surface area (Å²) in [6.07, 6.45) is 7.21. The molecule has 6 nitrogen and oxygen atoms in total. The molecule has 1 amide bonds. The standard InChI is InChI=1S/C19H21N5OS/c25-19(16-12-26-18(22-16)17-20-13-21-23-17)24(15-9-5-2-6-10-15)11-14-7-3-1-4-8-14/h1,3-4,7-8,12-13,15H,2,5-6,9-11H2,(H,20,21,23). The fraction of sp³-hybridized carbons (Fsp3) is 0.368. The third-order valence-electron chi connectivity index (χ3n) is 4.81. The van der Waals surface area contributed by atoms with Crippen molar-refractivity contribution in [1.29, 1.82) is 0 Å². The Labute approximate surface area is 156 Å². The number of aromatic amines is 1. The van der Waals surface area contributed by atoms with Crippen molar-refractivity contribution >= 4 is 17.2 Å². The van der Waals surface area contributed by atoms with Crippen molar-refractivity contribution < 1.29 is 4.79 Å². The van der Waals surface area contributed by atoms with Crippen molar-refractivity contribution in [2.24, 2.45) is 0 Å². The van der Waals surface area contributed by atoms with Gasteiger partial charge in [-0.25, -0.2) is 9.97 Å². The minimum atomic E-state index is 0.00256. The van der Waals surface area contributed by atoms with Gasteiger partial charge in [0.2, 0.25) is 0 Å². The zero-order valence-electron chi connectivity index (χ0n) is 14.5. The topological polar surface area (TPSA) is 74.8 Å². The lowest BCUT2D eigenvalue weighted by Gasteiger charge is -2.34. The highest BCUT2D eigenvalue weighted by Gasteiger charge is 2.28. The lowest BCUT2D eigenvalue weighted by Crippen LogP contribution is -2.41. The van der Waals surface area contributed by atoms with E-state index in [-0.39, 0.29) is 11.9 Å². The average Bonchev–Trinajstić information content (AvgIpc) is 3.38. The molecule has 2 aromatic heterocycles. The summed E-state index contributed by atoms with van der Waals surface area (Å²) < 4.78 is 0. The van der Waals surface area contributed by atoms with Crippen LogP contribution < -0.4 is 0 Å². The molecular weight excluding hydrogens is 346 g/mol. The Balaban J connectivity index is 1.59. The van der Waals surface area contributed by atoms with Gasteiger partial charge in [0, 0.05) is 18.0 Å². The smallest absolute Gasteiger partial charge is 0.273 e. The normalized spacial score (nSPS) is 15.1. The van der Waals surface area contributed by atoms with Crippen LogP contribution in [-0.4, -0.2) is 37.0 Å². The number of amides is 1. The van der Waals surface area contributed by atoms with Crippen LogP contribution in [0.5, 0.6) is 0 Å². The minimum Gasteiger partial charge on any atom is -0.330 e. The first-order valence-electron chi connectivity index (χ1n) is 8.97. The Kier molecular flexibility index (Phi) is 5.06. The second kappa shape index (κ2) is 7.78. The van der Waals surface area contributed by atoms with Gasteiger partial charge in [-0.1, -0.05) is 49.6 Å². The van der Waals surface area contributed by atoms with Gasteiger partial charge in [0.05, 0.1) is 0 Å². The fourth-order valence-electron chi connectivity index (χ4n) is 3.48. The highest BCUT2D eigenvalue weighted by Crippen LogP contribution is 2.27. The van der Waals surface area contributed by atoms with Crippen LogP contribution in [0, 0.1) is 0 Å². The van der Waals surface area contributed by atoms with Gasteiger partial charge >= 0.3 is 0 Å². The van der Waals surface area contributed by atoms with Crippen molar-refractivity contribution in [1.82, 2.24) is 25.1 Å². The second-order valence-corrected chi connectivity index (χ2v) is 7.44. The van der Waals surface area contributed by atoms with Crippen LogP contribution >= 0.6 is 11.3 Å². The molecule has 0 unspecified atom stereocenters. The zero-order valence-corrected chi connectivity index (χ0v) is 15.3. The van der Waals surface area contributed by atoms with E-state index in [4.69, 9.17) is 0 Å². The van der Waals surface area contributed by atoms with Crippen LogP contribution in [0.3, 0.4) is 0 Å². The first-order chi connectivity index (χ1) is 12.8. The molecule has 0 bridgehead atoms. The van der Waals surface area contributed by atoms with Gasteiger partial charge in [0.15, 0.2) is 10.8 Å². The summed E-state index contributed by atoms with van der Waals surface area (Å²) in [6, 6.07) is 10.5. The second-order valence-electron chi connectivity index (χ2n) is 6.58. The minimum absolute atomic E-state index is 0.00256. The van der Waals surface area contributed by atoms with Gasteiger partial charge in [-0.2, -0.15) is 5.10 Å². The summed E-state index contributed by atoms with van der Waals surface area (Å²) in [5, 5.41) is 9.16. The van der Waals surface area contributed by atoms with Gasteiger partial charge in [0.1, 0.15) is 12.0 Å². The van der Waals surface area contributed by atoms with Crippen molar-refractivity contribution in [2.45, 2.75) is 44.7 Å². The van der Waals surface area contributed by atoms with Crippen LogP contribution in [0.15, 0.2) is 42.0 Å². The fourth-order valence-corrected chi connectivity index (χ4v) is 4.21. The summed E-state index contributed by atoms with van der Waals surface area (Å²) in [7, 11) is 0. The number of carbonyl (C=O) groups is 1. The number of H-pyrrole nitrogens is 1. The molecule has 0 saturated heterocycles. The van der Waals surface area contributed by atoms with E-state index >= 15 is 0 Å². The molecule has 1 aliphatic rings. The summed E-state index contributed by atoms with van der Waals surface area (Å²) in [5.74, 6) is 0.601. The maximum Gasteiger partial charge on any atom is 0.273 e. The molecule has 4 rings (SSSR count). The van der Waals surface area contributed by atoms with E-state index < -0.39 is 0 Å². The molecule has 134 valence electrons. The highest BCUT2D eigenvalue weighted by atomic mass is 32.1. The third-order valence-corrected chi connectivity index (χ3v) is 5.66. The summed E-state index contributed by atoms with van der Waals surface area (Å²) >= 11 is 1.41. The zero-order chi connectivity index (χ0) is 17.8. The number of nitrogens with one attached hydrogen (secondary N) is 1. The number of benzene rings is 1. The Bertz CT molecular complexity index is 840. The Morgan fingerprint density at radius 2 is 2.00 bits per heavy atom. The van der Waals surface area contributed by atoms with E-state index in [0.717, 1.165) is 18.4 Å². The average molecular weight is 367 g/mol. The molecule has 7 heteroatoms. The Hall–Kier alpha value is -2.54. The predicted molar refractivity (Wildman–Crippen MR) is 101 cm³/mol. The first-order valence-corrected chi connectivity index (χ1v) is 9.85. The van der Waals surface area contributed by atoms with Crippen molar-refractivity contribution in [3.8, 4) is 10.8 Å². The highest BCUT2D eigenvalue weighted by molar-refractivity contribution is 7.13. The molecule has 1 aromatic carbocycles. The van der Waals surface area contributed by atoms with Crippen LogP contribution in [-0.2, 0) is 6.54 Å².